The summed E-state index contributed by atoms with van der Waals surface area (Å²) in [4.78, 5) is 98.6. The molecule has 22 nitrogen and oxygen atoms in total. The van der Waals surface area contributed by atoms with Crippen molar-refractivity contribution in [3.05, 3.63) is 158 Å². The van der Waals surface area contributed by atoms with E-state index in [1.165, 1.54) is 52.7 Å². The number of carbonyl (C=O) groups is 6. The normalized spacial score (nSPS) is 10.9. The number of rotatable bonds is 20. The smallest absolute Gasteiger partial charge is 0.423 e. The fourth-order valence-electron chi connectivity index (χ4n) is 8.57. The molecule has 0 spiro atoms. The van der Waals surface area contributed by atoms with Crippen molar-refractivity contribution in [2.75, 3.05) is 51.1 Å². The Morgan fingerprint density at radius 1 is 0.616 bits per heavy atom. The van der Waals surface area contributed by atoms with E-state index in [1.54, 1.807) is 102 Å². The number of hydrogen-bond donors (Lipinski definition) is 6. The molecule has 8 aromatic rings. The molecule has 0 bridgehead atoms. The van der Waals surface area contributed by atoms with E-state index in [1.807, 2.05) is 40.3 Å². The molecule has 0 saturated heterocycles. The topological polar surface area (TPSA) is 293 Å². The number of halogens is 5. The number of nitrogens with one attached hydrogen (secondary N) is 2. The molecule has 4 aromatic carbocycles. The molecule has 0 radical (unpaired) electrons. The van der Waals surface area contributed by atoms with Crippen molar-refractivity contribution in [3.8, 4) is 11.1 Å². The summed E-state index contributed by atoms with van der Waals surface area (Å²) in [6.45, 7) is 6.41. The predicted octanol–water partition coefficient (Wildman–Crippen LogP) is 5.68. The van der Waals surface area contributed by atoms with E-state index < -0.39 is 42.4 Å². The van der Waals surface area contributed by atoms with Gasteiger partial charge in [-0.3, -0.25) is 28.8 Å². The lowest BCUT2D eigenvalue weighted by atomic mass is 9.83. The van der Waals surface area contributed by atoms with Crippen LogP contribution in [0.4, 0.5) is 20.7 Å². The maximum absolute atomic E-state index is 14.2. The molecule has 8 rings (SSSR count). The Balaban J connectivity index is 0.000000234. The molecule has 0 saturated carbocycles. The molecule has 8 N–H and O–H groups in total. The van der Waals surface area contributed by atoms with Crippen LogP contribution in [0.25, 0.3) is 32.9 Å². The van der Waals surface area contributed by atoms with Gasteiger partial charge in [-0.25, -0.2) is 28.7 Å². The van der Waals surface area contributed by atoms with E-state index in [0.29, 0.717) is 44.7 Å². The van der Waals surface area contributed by atoms with Crippen LogP contribution in [0.2, 0.25) is 10.0 Å². The van der Waals surface area contributed by atoms with Crippen molar-refractivity contribution in [3.63, 3.8) is 0 Å². The Labute approximate surface area is 513 Å². The number of primary amides is 2. The van der Waals surface area contributed by atoms with E-state index in [9.17, 15) is 37.5 Å². The van der Waals surface area contributed by atoms with Gasteiger partial charge in [-0.15, -0.1) is 0 Å². The zero-order chi connectivity index (χ0) is 63.3. The van der Waals surface area contributed by atoms with Gasteiger partial charge in [0.1, 0.15) is 24.7 Å². The van der Waals surface area contributed by atoms with Crippen LogP contribution in [0.15, 0.2) is 114 Å². The Morgan fingerprint density at radius 2 is 1.02 bits per heavy atom. The van der Waals surface area contributed by atoms with Crippen molar-refractivity contribution >= 4 is 121 Å². The maximum Gasteiger partial charge on any atom is 0.491 e. The molecule has 0 aliphatic rings. The summed E-state index contributed by atoms with van der Waals surface area (Å²) < 4.78 is 32.3. The van der Waals surface area contributed by atoms with Crippen molar-refractivity contribution in [1.29, 1.82) is 0 Å². The minimum atomic E-state index is -1.50. The minimum absolute atomic E-state index is 0.0259. The third-order valence-electron chi connectivity index (χ3n) is 13.1. The number of amides is 6. The zero-order valence-corrected chi connectivity index (χ0v) is 51.3. The first-order chi connectivity index (χ1) is 40.6. The number of nitrogens with zero attached hydrogens (tertiary/aromatic N) is 10. The largest absolute Gasteiger partial charge is 0.491 e. The van der Waals surface area contributed by atoms with Crippen LogP contribution in [0, 0.1) is 11.6 Å². The summed E-state index contributed by atoms with van der Waals surface area (Å²) in [5.74, 6) is -2.85. The first-order valence-electron chi connectivity index (χ1n) is 26.5. The molecule has 0 fully saturated rings. The van der Waals surface area contributed by atoms with Gasteiger partial charge in [-0.2, -0.15) is 0 Å². The van der Waals surface area contributed by atoms with Crippen LogP contribution in [0.3, 0.4) is 0 Å². The quantitative estimate of drug-likeness (QED) is 0.0501. The highest BCUT2D eigenvalue weighted by Gasteiger charge is 2.25. The standard InChI is InChI=1S/C29H31ClFN7O3.C23H23BrClFN4O3.C6H10BN3O2/c1-17(2)38(15-25(39)33-11-19-6-5-7-23(30)27(19)31)26(40)16-37-14-22(28(32)41)21-10-18(8-9-24(21)37)20-12-34-29(35-13-20)36(3)4;1-13(2)30(11-20(31)28-9-14-4-3-5-18(25)22(14)26)21(32)12-29-10-17(23(27)33)16-8-15(24)6-7-19(16)29;1-10(2)6-8-3-5(4-9-6)7(11)12/h5-10,12-14,17H,11,15-16H2,1-4H3,(H2,32,41)(H,33,39);3-8,10,13H,9,11-12H2,1-2H3,(H2,27,33)(H,28,31);3-4,11-12H,1-2H3. The Bertz CT molecular complexity index is 3730. The molecule has 452 valence electrons. The van der Waals surface area contributed by atoms with E-state index in [4.69, 9.17) is 44.7 Å². The number of aromatic nitrogens is 6. The number of benzene rings is 4. The van der Waals surface area contributed by atoms with Crippen molar-refractivity contribution in [2.45, 2.75) is 66.0 Å². The Kier molecular flexibility index (Phi) is 23.2. The summed E-state index contributed by atoms with van der Waals surface area (Å²) in [6, 6.07) is 19.3. The fraction of sp³-hybridized carbons (Fsp3) is 0.276. The van der Waals surface area contributed by atoms with E-state index >= 15 is 0 Å². The van der Waals surface area contributed by atoms with Gasteiger partial charge in [0.15, 0.2) is 0 Å². The highest BCUT2D eigenvalue weighted by atomic mass is 79.9. The van der Waals surface area contributed by atoms with Crippen LogP contribution >= 0.6 is 39.1 Å². The van der Waals surface area contributed by atoms with Crippen LogP contribution in [0.1, 0.15) is 59.5 Å². The van der Waals surface area contributed by atoms with Crippen LogP contribution in [-0.2, 0) is 45.4 Å². The van der Waals surface area contributed by atoms with Gasteiger partial charge < -0.3 is 60.9 Å². The van der Waals surface area contributed by atoms with Gasteiger partial charge in [0.05, 0.1) is 34.3 Å². The molecule has 6 amide bonds. The Morgan fingerprint density at radius 3 is 1.42 bits per heavy atom. The van der Waals surface area contributed by atoms with Crippen LogP contribution in [-0.4, -0.2) is 145 Å². The van der Waals surface area contributed by atoms with E-state index in [2.05, 4.69) is 46.5 Å². The maximum atomic E-state index is 14.2. The SMILES string of the molecule is CC(C)N(CC(=O)NCc1cccc(Cl)c1F)C(=O)Cn1cc(C(N)=O)c2cc(-c3cnc(N(C)C)nc3)ccc21.CC(C)N(CC(=O)NCc1cccc(Cl)c1F)C(=O)Cn1cc(C(N)=O)c2cc(Br)ccc21.CN(C)c1ncc(B(O)O)cn1. The molecule has 0 atom stereocenters. The molecular formula is C58H64BBrCl2F2N14O8. The third kappa shape index (κ3) is 17.3. The summed E-state index contributed by atoms with van der Waals surface area (Å²) in [6.07, 6.45) is 9.24. The average molecular weight is 1280 g/mol. The van der Waals surface area contributed by atoms with Gasteiger partial charge in [0.2, 0.25) is 35.5 Å². The molecule has 0 aliphatic heterocycles. The number of anilines is 2. The van der Waals surface area contributed by atoms with Gasteiger partial charge in [0, 0.05) is 139 Å². The summed E-state index contributed by atoms with van der Waals surface area (Å²) >= 11 is 15.0. The van der Waals surface area contributed by atoms with Gasteiger partial charge in [-0.1, -0.05) is 69.5 Å². The van der Waals surface area contributed by atoms with E-state index in [0.717, 1.165) is 15.6 Å². The minimum Gasteiger partial charge on any atom is -0.423 e. The summed E-state index contributed by atoms with van der Waals surface area (Å²) in [5.41, 5.74) is 15.4. The second-order valence-electron chi connectivity index (χ2n) is 20.4. The average Bonchev–Trinajstić information content (AvgIpc) is 2.49. The lowest BCUT2D eigenvalue weighted by Crippen LogP contribution is -2.45. The third-order valence-corrected chi connectivity index (χ3v) is 14.2. The van der Waals surface area contributed by atoms with Gasteiger partial charge in [0.25, 0.3) is 11.8 Å². The molecule has 28 heteroatoms. The molecule has 0 unspecified atom stereocenters. The molecule has 0 aliphatic carbocycles. The lowest BCUT2D eigenvalue weighted by molar-refractivity contribution is -0.138. The monoisotopic (exact) mass is 1280 g/mol. The molecular weight excluding hydrogens is 1220 g/mol. The number of nitrogens with two attached hydrogens (primary N) is 2. The highest BCUT2D eigenvalue weighted by molar-refractivity contribution is 9.10. The predicted molar refractivity (Wildman–Crippen MR) is 330 cm³/mol. The number of carbonyl (C=O) groups excluding carboxylic acids is 6. The lowest BCUT2D eigenvalue weighted by Gasteiger charge is -2.26. The van der Waals surface area contributed by atoms with Crippen LogP contribution in [0.5, 0.6) is 0 Å². The van der Waals surface area contributed by atoms with Gasteiger partial charge in [-0.05, 0) is 75.7 Å². The zero-order valence-electron chi connectivity index (χ0n) is 48.2. The van der Waals surface area contributed by atoms with E-state index in [-0.39, 0.29) is 89.9 Å². The second-order valence-corrected chi connectivity index (χ2v) is 22.2. The fourth-order valence-corrected chi connectivity index (χ4v) is 9.32. The Hall–Kier alpha value is -8.56. The highest BCUT2D eigenvalue weighted by Crippen LogP contribution is 2.29. The number of hydrogen-bond acceptors (Lipinski definition) is 14. The summed E-state index contributed by atoms with van der Waals surface area (Å²) in [7, 11) is 5.81. The van der Waals surface area contributed by atoms with Crippen molar-refractivity contribution in [1.82, 2.24) is 49.5 Å². The summed E-state index contributed by atoms with van der Waals surface area (Å²) in [5, 5.41) is 23.8. The molecule has 86 heavy (non-hydrogen) atoms. The first-order valence-corrected chi connectivity index (χ1v) is 28.0. The van der Waals surface area contributed by atoms with Gasteiger partial charge >= 0.3 is 7.12 Å². The molecule has 4 aromatic heterocycles. The molecule has 4 heterocycles. The van der Waals surface area contributed by atoms with Crippen LogP contribution < -0.4 is 37.4 Å². The first kappa shape index (κ1) is 66.6. The number of fused-ring (bicyclic) bond motifs is 2. The van der Waals surface area contributed by atoms with Crippen molar-refractivity contribution < 1.29 is 47.6 Å². The van der Waals surface area contributed by atoms with Crippen molar-refractivity contribution in [2.24, 2.45) is 11.5 Å². The second kappa shape index (κ2) is 30.0.